The van der Waals surface area contributed by atoms with Crippen LogP contribution in [0.15, 0.2) is 65.6 Å². The van der Waals surface area contributed by atoms with Crippen LogP contribution in [0.3, 0.4) is 0 Å². The fraction of sp³-hybridized carbons (Fsp3) is 0.375. The lowest BCUT2D eigenvalue weighted by molar-refractivity contribution is -0.139. The van der Waals surface area contributed by atoms with Gasteiger partial charge in [-0.05, 0) is 74.7 Å². The van der Waals surface area contributed by atoms with Gasteiger partial charge in [-0.1, -0.05) is 77.8 Å². The number of aryl methyl sites for hydroxylation is 1. The molecule has 1 saturated carbocycles. The minimum absolute atomic E-state index is 0.0759. The molecule has 1 N–H and O–H groups in total. The average Bonchev–Trinajstić information content (AvgIpc) is 2.99. The lowest BCUT2D eigenvalue weighted by atomic mass is 9.95. The Kier molecular flexibility index (Phi) is 11.6. The molecule has 0 spiro atoms. The monoisotopic (exact) mass is 717 g/mol. The Bertz CT molecular complexity index is 1680. The van der Waals surface area contributed by atoms with Crippen LogP contribution < -0.4 is 9.62 Å². The molecule has 248 valence electrons. The highest BCUT2D eigenvalue weighted by Gasteiger charge is 2.37. The van der Waals surface area contributed by atoms with Crippen LogP contribution in [0.5, 0.6) is 0 Å². The van der Waals surface area contributed by atoms with Crippen molar-refractivity contribution in [3.63, 3.8) is 0 Å². The Balaban J connectivity index is 1.76. The molecule has 3 aromatic carbocycles. The summed E-state index contributed by atoms with van der Waals surface area (Å²) >= 11 is 18.3. The summed E-state index contributed by atoms with van der Waals surface area (Å²) < 4.78 is 70.1. The van der Waals surface area contributed by atoms with E-state index in [9.17, 15) is 31.2 Å². The van der Waals surface area contributed by atoms with E-state index in [-0.39, 0.29) is 22.5 Å². The van der Waals surface area contributed by atoms with Gasteiger partial charge in [-0.15, -0.1) is 0 Å². The maximum Gasteiger partial charge on any atom is 0.417 e. The van der Waals surface area contributed by atoms with Crippen LogP contribution in [0.4, 0.5) is 18.9 Å². The maximum atomic E-state index is 14.2. The molecule has 7 nitrogen and oxygen atoms in total. The zero-order valence-corrected chi connectivity index (χ0v) is 28.2. The SMILES string of the molecule is Cc1ccc(S(=O)(=O)N(CC(=O)N(Cc2ccc(Cl)cc2Cl)C(C)C(=O)NC2CCCCC2)c2ccc(Cl)c(C(F)(F)F)c2)cc1. The van der Waals surface area contributed by atoms with E-state index >= 15 is 0 Å². The van der Waals surface area contributed by atoms with Crippen LogP contribution in [0.1, 0.15) is 55.7 Å². The first-order chi connectivity index (χ1) is 21.6. The number of rotatable bonds is 10. The number of nitrogens with zero attached hydrogens (tertiary/aromatic N) is 2. The second kappa shape index (κ2) is 14.8. The number of halogens is 6. The zero-order chi connectivity index (χ0) is 33.8. The van der Waals surface area contributed by atoms with Gasteiger partial charge in [0, 0.05) is 22.6 Å². The summed E-state index contributed by atoms with van der Waals surface area (Å²) in [4.78, 5) is 28.5. The molecule has 0 radical (unpaired) electrons. The fourth-order valence-corrected chi connectivity index (χ4v) is 7.34. The summed E-state index contributed by atoms with van der Waals surface area (Å²) in [5, 5.41) is 2.90. The molecule has 0 saturated heterocycles. The van der Waals surface area contributed by atoms with Crippen LogP contribution in [-0.2, 0) is 32.3 Å². The van der Waals surface area contributed by atoms with Crippen molar-refractivity contribution in [1.82, 2.24) is 10.2 Å². The summed E-state index contributed by atoms with van der Waals surface area (Å²) in [6.07, 6.45) is -0.357. The Morgan fingerprint density at radius 2 is 1.59 bits per heavy atom. The second-order valence-electron chi connectivity index (χ2n) is 11.3. The zero-order valence-electron chi connectivity index (χ0n) is 25.1. The van der Waals surface area contributed by atoms with Gasteiger partial charge in [0.05, 0.1) is 21.2 Å². The smallest absolute Gasteiger partial charge is 0.352 e. The van der Waals surface area contributed by atoms with Crippen LogP contribution >= 0.6 is 34.8 Å². The van der Waals surface area contributed by atoms with Crippen LogP contribution in [-0.4, -0.2) is 43.8 Å². The standard InChI is InChI=1S/C32H33Cl3F3N3O4S/c1-20-8-13-26(14-9-20)46(44,45)41(25-12-15-28(34)27(17-25)32(36,37)38)19-30(42)40(18-22-10-11-23(33)16-29(22)35)21(2)31(43)39-24-6-4-3-5-7-24/h8-17,21,24H,3-7,18-19H2,1-2H3,(H,39,43). The van der Waals surface area contributed by atoms with Crippen LogP contribution in [0.25, 0.3) is 0 Å². The first-order valence-electron chi connectivity index (χ1n) is 14.6. The summed E-state index contributed by atoms with van der Waals surface area (Å²) in [5.74, 6) is -1.30. The van der Waals surface area contributed by atoms with Gasteiger partial charge in [-0.3, -0.25) is 13.9 Å². The summed E-state index contributed by atoms with van der Waals surface area (Å²) in [6.45, 7) is 2.11. The normalized spacial score (nSPS) is 14.9. The van der Waals surface area contributed by atoms with Crippen molar-refractivity contribution < 1.29 is 31.2 Å². The first kappa shape index (κ1) is 35.9. The molecule has 1 aliphatic rings. The third-order valence-electron chi connectivity index (χ3n) is 7.91. The predicted molar refractivity (Wildman–Crippen MR) is 174 cm³/mol. The number of alkyl halides is 3. The summed E-state index contributed by atoms with van der Waals surface area (Å²) in [5.41, 5.74) is -0.533. The molecule has 0 aromatic heterocycles. The van der Waals surface area contributed by atoms with Crippen molar-refractivity contribution in [3.05, 3.63) is 92.4 Å². The van der Waals surface area contributed by atoms with E-state index in [2.05, 4.69) is 5.32 Å². The van der Waals surface area contributed by atoms with E-state index in [0.717, 1.165) is 54.7 Å². The number of nitrogens with one attached hydrogen (secondary N) is 1. The Labute approximate surface area is 281 Å². The molecule has 1 atom stereocenters. The van der Waals surface area contributed by atoms with Gasteiger partial charge in [-0.25, -0.2) is 8.42 Å². The summed E-state index contributed by atoms with van der Waals surface area (Å²) in [7, 11) is -4.60. The van der Waals surface area contributed by atoms with Crippen molar-refractivity contribution in [2.75, 3.05) is 10.8 Å². The molecule has 46 heavy (non-hydrogen) atoms. The third-order valence-corrected chi connectivity index (χ3v) is 10.6. The number of carbonyl (C=O) groups excluding carboxylic acids is 2. The van der Waals surface area contributed by atoms with E-state index < -0.39 is 56.9 Å². The van der Waals surface area contributed by atoms with E-state index in [0.29, 0.717) is 21.0 Å². The number of amides is 2. The van der Waals surface area contributed by atoms with Crippen molar-refractivity contribution in [2.45, 2.75) is 75.7 Å². The highest BCUT2D eigenvalue weighted by atomic mass is 35.5. The number of sulfonamides is 1. The van der Waals surface area contributed by atoms with Gasteiger partial charge in [0.1, 0.15) is 12.6 Å². The number of carbonyl (C=O) groups is 2. The lowest BCUT2D eigenvalue weighted by Crippen LogP contribution is -2.53. The van der Waals surface area contributed by atoms with Gasteiger partial charge >= 0.3 is 6.18 Å². The molecule has 1 fully saturated rings. The van der Waals surface area contributed by atoms with Crippen molar-refractivity contribution >= 4 is 62.3 Å². The van der Waals surface area contributed by atoms with Crippen molar-refractivity contribution in [1.29, 1.82) is 0 Å². The average molecular weight is 719 g/mol. The molecular weight excluding hydrogens is 686 g/mol. The Morgan fingerprint density at radius 1 is 0.935 bits per heavy atom. The van der Waals surface area contributed by atoms with Crippen LogP contribution in [0.2, 0.25) is 15.1 Å². The molecule has 14 heteroatoms. The number of anilines is 1. The minimum Gasteiger partial charge on any atom is -0.352 e. The molecule has 1 aliphatic carbocycles. The highest BCUT2D eigenvalue weighted by molar-refractivity contribution is 7.92. The molecule has 0 bridgehead atoms. The number of hydrogen-bond donors (Lipinski definition) is 1. The second-order valence-corrected chi connectivity index (χ2v) is 14.4. The Morgan fingerprint density at radius 3 is 2.20 bits per heavy atom. The van der Waals surface area contributed by atoms with Crippen molar-refractivity contribution in [3.8, 4) is 0 Å². The molecular formula is C32H33Cl3F3N3O4S. The predicted octanol–water partition coefficient (Wildman–Crippen LogP) is 8.04. The van der Waals surface area contributed by atoms with E-state index in [1.54, 1.807) is 19.1 Å². The van der Waals surface area contributed by atoms with E-state index in [1.165, 1.54) is 37.3 Å². The molecule has 2 amide bonds. The van der Waals surface area contributed by atoms with E-state index in [1.807, 2.05) is 0 Å². The van der Waals surface area contributed by atoms with Gasteiger partial charge in [-0.2, -0.15) is 13.2 Å². The van der Waals surface area contributed by atoms with Gasteiger partial charge < -0.3 is 10.2 Å². The van der Waals surface area contributed by atoms with Gasteiger partial charge in [0.2, 0.25) is 11.8 Å². The van der Waals surface area contributed by atoms with Crippen LogP contribution in [0, 0.1) is 6.92 Å². The van der Waals surface area contributed by atoms with Gasteiger partial charge in [0.25, 0.3) is 10.0 Å². The summed E-state index contributed by atoms with van der Waals surface area (Å²) in [6, 6.07) is 11.7. The minimum atomic E-state index is -4.90. The molecule has 1 unspecified atom stereocenters. The third kappa shape index (κ3) is 8.67. The first-order valence-corrected chi connectivity index (χ1v) is 17.1. The molecule has 4 rings (SSSR count). The largest absolute Gasteiger partial charge is 0.417 e. The molecule has 0 heterocycles. The van der Waals surface area contributed by atoms with Crippen molar-refractivity contribution in [2.24, 2.45) is 0 Å². The fourth-order valence-electron chi connectivity index (χ4n) is 5.24. The topological polar surface area (TPSA) is 86.8 Å². The lowest BCUT2D eigenvalue weighted by Gasteiger charge is -2.33. The highest BCUT2D eigenvalue weighted by Crippen LogP contribution is 2.38. The number of benzene rings is 3. The quantitative estimate of drug-likeness (QED) is 0.230. The van der Waals surface area contributed by atoms with Gasteiger partial charge in [0.15, 0.2) is 0 Å². The number of hydrogen-bond acceptors (Lipinski definition) is 4. The maximum absolute atomic E-state index is 14.2. The molecule has 3 aromatic rings. The molecule has 0 aliphatic heterocycles. The Hall–Kier alpha value is -2.99. The van der Waals surface area contributed by atoms with E-state index in [4.69, 9.17) is 34.8 Å².